The van der Waals surface area contributed by atoms with Crippen LogP contribution in [0.25, 0.3) is 0 Å². The third-order valence-corrected chi connectivity index (χ3v) is 3.30. The molecule has 0 aliphatic rings. The number of anilines is 1. The van der Waals surface area contributed by atoms with Crippen LogP contribution in [0.5, 0.6) is 0 Å². The van der Waals surface area contributed by atoms with Gasteiger partial charge in [0.15, 0.2) is 0 Å². The van der Waals surface area contributed by atoms with Gasteiger partial charge < -0.3 is 5.32 Å². The van der Waals surface area contributed by atoms with Crippen molar-refractivity contribution in [2.24, 2.45) is 0 Å². The molecule has 1 N–H and O–H groups in total. The van der Waals surface area contributed by atoms with Gasteiger partial charge in [0, 0.05) is 11.4 Å². The smallest absolute Gasteiger partial charge is 0.292 e. The van der Waals surface area contributed by atoms with Crippen molar-refractivity contribution in [1.29, 1.82) is 0 Å². The fourth-order valence-electron chi connectivity index (χ4n) is 1.63. The molecule has 0 aliphatic heterocycles. The first-order valence-corrected chi connectivity index (χ1v) is 6.34. The van der Waals surface area contributed by atoms with Crippen LogP contribution in [0.3, 0.4) is 0 Å². The third-order valence-electron chi connectivity index (χ3n) is 2.48. The molecule has 5 nitrogen and oxygen atoms in total. The minimum Gasteiger partial charge on any atom is -0.374 e. The number of hydrogen-bond donors (Lipinski definition) is 1. The van der Waals surface area contributed by atoms with Gasteiger partial charge in [-0.1, -0.05) is 6.07 Å². The Morgan fingerprint density at radius 1 is 1.44 bits per heavy atom. The van der Waals surface area contributed by atoms with E-state index in [-0.39, 0.29) is 10.6 Å². The predicted molar refractivity (Wildman–Crippen MR) is 72.0 cm³/mol. The molecule has 0 radical (unpaired) electrons. The van der Waals surface area contributed by atoms with E-state index in [2.05, 4.69) is 10.3 Å². The number of rotatable bonds is 4. The van der Waals surface area contributed by atoms with Crippen LogP contribution in [0.1, 0.15) is 16.3 Å². The van der Waals surface area contributed by atoms with Crippen LogP contribution in [0.15, 0.2) is 23.6 Å². The highest BCUT2D eigenvalue weighted by molar-refractivity contribution is 7.09. The molecule has 94 valence electrons. The monoisotopic (exact) mass is 263 g/mol. The van der Waals surface area contributed by atoms with Crippen molar-refractivity contribution in [3.05, 3.63) is 50.0 Å². The Kier molecular flexibility index (Phi) is 3.57. The number of hydrogen-bond acceptors (Lipinski definition) is 5. The van der Waals surface area contributed by atoms with Crippen LogP contribution in [-0.2, 0) is 6.54 Å². The quantitative estimate of drug-likeness (QED) is 0.679. The zero-order valence-electron chi connectivity index (χ0n) is 10.1. The molecule has 2 rings (SSSR count). The molecule has 1 aromatic carbocycles. The average molecular weight is 263 g/mol. The van der Waals surface area contributed by atoms with Gasteiger partial charge >= 0.3 is 0 Å². The second-order valence-electron chi connectivity index (χ2n) is 3.99. The number of aryl methyl sites for hydroxylation is 2. The number of nitrogens with one attached hydrogen (secondary N) is 1. The molecular weight excluding hydrogens is 250 g/mol. The number of nitro benzene ring substituents is 1. The molecule has 0 bridgehead atoms. The topological polar surface area (TPSA) is 68.1 Å². The van der Waals surface area contributed by atoms with E-state index < -0.39 is 0 Å². The molecule has 0 spiro atoms. The van der Waals surface area contributed by atoms with Crippen molar-refractivity contribution in [2.75, 3.05) is 5.32 Å². The van der Waals surface area contributed by atoms with E-state index in [0.717, 1.165) is 16.3 Å². The Morgan fingerprint density at radius 3 is 2.83 bits per heavy atom. The Morgan fingerprint density at radius 2 is 2.22 bits per heavy atom. The minimum atomic E-state index is -0.381. The van der Waals surface area contributed by atoms with Crippen LogP contribution in [0.4, 0.5) is 11.4 Å². The maximum atomic E-state index is 10.9. The van der Waals surface area contributed by atoms with Gasteiger partial charge in [0.05, 0.1) is 22.2 Å². The maximum Gasteiger partial charge on any atom is 0.292 e. The van der Waals surface area contributed by atoms with Crippen molar-refractivity contribution in [3.63, 3.8) is 0 Å². The number of aromatic nitrogens is 1. The van der Waals surface area contributed by atoms with Crippen molar-refractivity contribution in [1.82, 2.24) is 4.98 Å². The summed E-state index contributed by atoms with van der Waals surface area (Å²) in [6.07, 6.45) is 0. The second kappa shape index (κ2) is 5.14. The van der Waals surface area contributed by atoms with Crippen LogP contribution in [0, 0.1) is 24.0 Å². The molecule has 0 fully saturated rings. The number of nitrogens with zero attached hydrogens (tertiary/aromatic N) is 2. The highest BCUT2D eigenvalue weighted by Crippen LogP contribution is 2.25. The molecule has 18 heavy (non-hydrogen) atoms. The molecule has 1 aromatic heterocycles. The van der Waals surface area contributed by atoms with E-state index in [1.54, 1.807) is 23.5 Å². The summed E-state index contributed by atoms with van der Waals surface area (Å²) in [5, 5.41) is 16.9. The summed E-state index contributed by atoms with van der Waals surface area (Å²) in [6.45, 7) is 4.33. The number of thiazole rings is 1. The summed E-state index contributed by atoms with van der Waals surface area (Å²) in [7, 11) is 0. The number of benzene rings is 1. The zero-order valence-corrected chi connectivity index (χ0v) is 11.0. The minimum absolute atomic E-state index is 0.0903. The van der Waals surface area contributed by atoms with E-state index in [4.69, 9.17) is 0 Å². The highest BCUT2D eigenvalue weighted by Gasteiger charge is 2.13. The van der Waals surface area contributed by atoms with E-state index in [1.807, 2.05) is 19.2 Å². The zero-order chi connectivity index (χ0) is 13.1. The molecule has 0 atom stereocenters. The number of nitro groups is 1. The molecular formula is C12H13N3O2S. The van der Waals surface area contributed by atoms with Gasteiger partial charge in [-0.15, -0.1) is 11.3 Å². The van der Waals surface area contributed by atoms with E-state index in [1.165, 1.54) is 6.07 Å². The van der Waals surface area contributed by atoms with Crippen molar-refractivity contribution in [3.8, 4) is 0 Å². The maximum absolute atomic E-state index is 10.9. The van der Waals surface area contributed by atoms with Gasteiger partial charge in [0.25, 0.3) is 5.69 Å². The summed E-state index contributed by atoms with van der Waals surface area (Å²) in [5.41, 5.74) is 2.50. The molecule has 2 aromatic rings. The average Bonchev–Trinajstić information content (AvgIpc) is 2.72. The van der Waals surface area contributed by atoms with E-state index in [9.17, 15) is 10.1 Å². The highest BCUT2D eigenvalue weighted by atomic mass is 32.1. The summed E-state index contributed by atoms with van der Waals surface area (Å²) < 4.78 is 0. The summed E-state index contributed by atoms with van der Waals surface area (Å²) >= 11 is 1.57. The lowest BCUT2D eigenvalue weighted by atomic mass is 10.2. The molecule has 1 heterocycles. The lowest BCUT2D eigenvalue weighted by molar-refractivity contribution is -0.384. The lowest BCUT2D eigenvalue weighted by Gasteiger charge is -2.06. The van der Waals surface area contributed by atoms with Crippen molar-refractivity contribution in [2.45, 2.75) is 20.4 Å². The molecule has 0 saturated heterocycles. The standard InChI is InChI=1S/C12H13N3O2S/c1-8-3-4-12(15(16)17)11(5-8)13-6-10-7-18-9(2)14-10/h3-5,7,13H,6H2,1-2H3. The Hall–Kier alpha value is -1.95. The van der Waals surface area contributed by atoms with Gasteiger partial charge in [-0.25, -0.2) is 4.98 Å². The van der Waals surface area contributed by atoms with Gasteiger partial charge in [-0.3, -0.25) is 10.1 Å². The van der Waals surface area contributed by atoms with Gasteiger partial charge in [0.1, 0.15) is 5.69 Å². The van der Waals surface area contributed by atoms with Crippen molar-refractivity contribution < 1.29 is 4.92 Å². The first-order chi connectivity index (χ1) is 8.56. The van der Waals surface area contributed by atoms with Gasteiger partial charge in [-0.05, 0) is 25.5 Å². The Labute approximate surface area is 109 Å². The fraction of sp³-hybridized carbons (Fsp3) is 0.250. The fourth-order valence-corrected chi connectivity index (χ4v) is 2.24. The normalized spacial score (nSPS) is 10.3. The van der Waals surface area contributed by atoms with Gasteiger partial charge in [-0.2, -0.15) is 0 Å². The first kappa shape index (κ1) is 12.5. The molecule has 6 heteroatoms. The summed E-state index contributed by atoms with van der Waals surface area (Å²) in [6, 6.07) is 5.03. The molecule has 0 saturated carbocycles. The summed E-state index contributed by atoms with van der Waals surface area (Å²) in [5.74, 6) is 0. The van der Waals surface area contributed by atoms with Crippen LogP contribution in [0.2, 0.25) is 0 Å². The largest absolute Gasteiger partial charge is 0.374 e. The van der Waals surface area contributed by atoms with Crippen LogP contribution in [-0.4, -0.2) is 9.91 Å². The molecule has 0 amide bonds. The third kappa shape index (κ3) is 2.84. The van der Waals surface area contributed by atoms with E-state index >= 15 is 0 Å². The Balaban J connectivity index is 2.17. The second-order valence-corrected chi connectivity index (χ2v) is 5.05. The van der Waals surface area contributed by atoms with Crippen molar-refractivity contribution >= 4 is 22.7 Å². The molecule has 0 aliphatic carbocycles. The summed E-state index contributed by atoms with van der Waals surface area (Å²) in [4.78, 5) is 14.8. The first-order valence-electron chi connectivity index (χ1n) is 5.46. The molecule has 0 unspecified atom stereocenters. The lowest BCUT2D eigenvalue weighted by Crippen LogP contribution is -2.03. The van der Waals surface area contributed by atoms with Crippen LogP contribution < -0.4 is 5.32 Å². The SMILES string of the molecule is Cc1ccc([N+](=O)[O-])c(NCc2csc(C)n2)c1. The van der Waals surface area contributed by atoms with Gasteiger partial charge in [0.2, 0.25) is 0 Å². The van der Waals surface area contributed by atoms with E-state index in [0.29, 0.717) is 12.2 Å². The predicted octanol–water partition coefficient (Wildman–Crippen LogP) is 3.28. The van der Waals surface area contributed by atoms with Crippen LogP contribution >= 0.6 is 11.3 Å². The Bertz CT molecular complexity index is 580.